The summed E-state index contributed by atoms with van der Waals surface area (Å²) in [5.74, 6) is 0. The molecule has 3 aromatic heterocycles. The topological polar surface area (TPSA) is 8.17 Å². The summed E-state index contributed by atoms with van der Waals surface area (Å²) in [7, 11) is 0. The van der Waals surface area contributed by atoms with Gasteiger partial charge in [-0.3, -0.25) is 0 Å². The van der Waals surface area contributed by atoms with Crippen LogP contribution in [-0.2, 0) is 0 Å². The maximum atomic E-state index is 2.53. The summed E-state index contributed by atoms with van der Waals surface area (Å²) in [4.78, 5) is 2.53. The quantitative estimate of drug-likeness (QED) is 0.181. The SMILES string of the molecule is c1ccc(-n2c3ccccc3c3ccc(N(c4cc5c6ccccc6sc5c5ccccc45)c4cccc5c4sc4ccccc45)cc32)cc1. The van der Waals surface area contributed by atoms with E-state index in [4.69, 9.17) is 0 Å². The standard InChI is InChI=1S/C46H28N2S2/c1-2-13-29(14-3-1)47-39-21-9-6-15-31(39)33-26-25-30(27-41(33)47)48(40-22-12-20-37-34-17-7-10-23-43(34)50-46(37)40)42-28-38-35-18-8-11-24-44(35)49-45(38)36-19-5-4-16-32(36)42/h1-28H. The fourth-order valence-electron chi connectivity index (χ4n) is 7.98. The summed E-state index contributed by atoms with van der Waals surface area (Å²) < 4.78 is 7.66. The first kappa shape index (κ1) is 28.0. The van der Waals surface area contributed by atoms with Crippen LogP contribution in [0.3, 0.4) is 0 Å². The lowest BCUT2D eigenvalue weighted by atomic mass is 10.0. The molecule has 3 heterocycles. The number of aromatic nitrogens is 1. The fourth-order valence-corrected chi connectivity index (χ4v) is 10.4. The van der Waals surface area contributed by atoms with Gasteiger partial charge < -0.3 is 9.47 Å². The Hall–Kier alpha value is -5.94. The van der Waals surface area contributed by atoms with Crippen LogP contribution in [0.15, 0.2) is 170 Å². The molecule has 50 heavy (non-hydrogen) atoms. The van der Waals surface area contributed by atoms with Gasteiger partial charge >= 0.3 is 0 Å². The highest BCUT2D eigenvalue weighted by Crippen LogP contribution is 2.50. The Morgan fingerprint density at radius 2 is 0.940 bits per heavy atom. The molecule has 2 nitrogen and oxygen atoms in total. The molecule has 0 spiro atoms. The van der Waals surface area contributed by atoms with Crippen molar-refractivity contribution in [3.8, 4) is 5.69 Å². The van der Waals surface area contributed by atoms with Crippen molar-refractivity contribution in [2.45, 2.75) is 0 Å². The number of thiophene rings is 2. The van der Waals surface area contributed by atoms with Gasteiger partial charge in [-0.1, -0.05) is 115 Å². The van der Waals surface area contributed by atoms with Gasteiger partial charge in [0.05, 0.1) is 27.1 Å². The van der Waals surface area contributed by atoms with Crippen LogP contribution >= 0.6 is 22.7 Å². The van der Waals surface area contributed by atoms with E-state index >= 15 is 0 Å². The first-order valence-corrected chi connectivity index (χ1v) is 18.6. The van der Waals surface area contributed by atoms with E-state index in [1.54, 1.807) is 0 Å². The highest BCUT2D eigenvalue weighted by Gasteiger charge is 2.23. The molecule has 11 aromatic rings. The number of fused-ring (bicyclic) bond motifs is 11. The van der Waals surface area contributed by atoms with Crippen molar-refractivity contribution in [3.05, 3.63) is 170 Å². The molecular weight excluding hydrogens is 645 g/mol. The molecule has 234 valence electrons. The first-order chi connectivity index (χ1) is 24.8. The Kier molecular flexibility index (Phi) is 6.03. The van der Waals surface area contributed by atoms with E-state index < -0.39 is 0 Å². The highest BCUT2D eigenvalue weighted by molar-refractivity contribution is 7.27. The van der Waals surface area contributed by atoms with Gasteiger partial charge in [-0.2, -0.15) is 0 Å². The average molecular weight is 673 g/mol. The molecule has 0 fully saturated rings. The number of para-hydroxylation sites is 2. The third kappa shape index (κ3) is 4.01. The molecule has 8 aromatic carbocycles. The summed E-state index contributed by atoms with van der Waals surface area (Å²) in [6.45, 7) is 0. The zero-order valence-corrected chi connectivity index (χ0v) is 28.5. The Morgan fingerprint density at radius 1 is 0.360 bits per heavy atom. The number of nitrogens with zero attached hydrogens (tertiary/aromatic N) is 2. The van der Waals surface area contributed by atoms with Crippen molar-refractivity contribution in [3.63, 3.8) is 0 Å². The number of hydrogen-bond acceptors (Lipinski definition) is 3. The smallest absolute Gasteiger partial charge is 0.0640 e. The second kappa shape index (κ2) is 10.8. The van der Waals surface area contributed by atoms with Gasteiger partial charge in [0.15, 0.2) is 0 Å². The van der Waals surface area contributed by atoms with Gasteiger partial charge in [0.25, 0.3) is 0 Å². The minimum absolute atomic E-state index is 1.13. The summed E-state index contributed by atoms with van der Waals surface area (Å²) >= 11 is 3.77. The van der Waals surface area contributed by atoms with Crippen molar-refractivity contribution in [2.75, 3.05) is 4.90 Å². The van der Waals surface area contributed by atoms with E-state index in [1.165, 1.54) is 84.3 Å². The second-order valence-electron chi connectivity index (χ2n) is 12.9. The van der Waals surface area contributed by atoms with Crippen LogP contribution in [0.4, 0.5) is 17.1 Å². The zero-order chi connectivity index (χ0) is 32.8. The summed E-state index contributed by atoms with van der Waals surface area (Å²) in [6, 6.07) is 62.4. The van der Waals surface area contributed by atoms with Gasteiger partial charge in [-0.25, -0.2) is 0 Å². The van der Waals surface area contributed by atoms with E-state index in [1.807, 2.05) is 22.7 Å². The molecule has 11 rings (SSSR count). The maximum absolute atomic E-state index is 2.53. The monoisotopic (exact) mass is 672 g/mol. The first-order valence-electron chi connectivity index (χ1n) is 16.9. The van der Waals surface area contributed by atoms with Crippen LogP contribution in [0.25, 0.3) is 78.6 Å². The maximum Gasteiger partial charge on any atom is 0.0640 e. The molecule has 4 heteroatoms. The Balaban J connectivity index is 1.29. The fraction of sp³-hybridized carbons (Fsp3) is 0. The number of anilines is 3. The molecule has 0 unspecified atom stereocenters. The molecule has 0 saturated carbocycles. The normalized spacial score (nSPS) is 12.0. The molecule has 0 N–H and O–H groups in total. The van der Waals surface area contributed by atoms with Gasteiger partial charge in [-0.15, -0.1) is 22.7 Å². The van der Waals surface area contributed by atoms with Gasteiger partial charge in [0, 0.05) is 68.6 Å². The minimum atomic E-state index is 1.13. The molecular formula is C46H28N2S2. The van der Waals surface area contributed by atoms with E-state index in [0.717, 1.165) is 11.4 Å². The average Bonchev–Trinajstić information content (AvgIpc) is 3.85. The summed E-state index contributed by atoms with van der Waals surface area (Å²) in [5.41, 5.74) is 7.06. The molecule has 0 aliphatic rings. The molecule has 0 amide bonds. The van der Waals surface area contributed by atoms with Crippen LogP contribution in [-0.4, -0.2) is 4.57 Å². The summed E-state index contributed by atoms with van der Waals surface area (Å²) in [5, 5.41) is 10.2. The Morgan fingerprint density at radius 3 is 1.74 bits per heavy atom. The van der Waals surface area contributed by atoms with Crippen LogP contribution in [0, 0.1) is 0 Å². The predicted molar refractivity (Wildman–Crippen MR) is 219 cm³/mol. The van der Waals surface area contributed by atoms with Crippen molar-refractivity contribution < 1.29 is 0 Å². The third-order valence-corrected chi connectivity index (χ3v) is 12.6. The lowest BCUT2D eigenvalue weighted by Crippen LogP contribution is -2.11. The Labute approximate surface area is 296 Å². The zero-order valence-electron chi connectivity index (χ0n) is 26.9. The minimum Gasteiger partial charge on any atom is -0.309 e. The van der Waals surface area contributed by atoms with Crippen LogP contribution in [0.2, 0.25) is 0 Å². The van der Waals surface area contributed by atoms with Crippen molar-refractivity contribution in [1.82, 2.24) is 4.57 Å². The molecule has 0 aliphatic carbocycles. The van der Waals surface area contributed by atoms with Crippen LogP contribution in [0.5, 0.6) is 0 Å². The van der Waals surface area contributed by atoms with Gasteiger partial charge in [0.2, 0.25) is 0 Å². The summed E-state index contributed by atoms with van der Waals surface area (Å²) in [6.07, 6.45) is 0. The van der Waals surface area contributed by atoms with Gasteiger partial charge in [0.1, 0.15) is 0 Å². The van der Waals surface area contributed by atoms with E-state index in [2.05, 4.69) is 179 Å². The Bertz CT molecular complexity index is 3110. The van der Waals surface area contributed by atoms with Crippen molar-refractivity contribution in [2.24, 2.45) is 0 Å². The molecule has 0 atom stereocenters. The largest absolute Gasteiger partial charge is 0.309 e. The van der Waals surface area contributed by atoms with E-state index in [0.29, 0.717) is 0 Å². The van der Waals surface area contributed by atoms with Crippen molar-refractivity contribution in [1.29, 1.82) is 0 Å². The second-order valence-corrected chi connectivity index (χ2v) is 15.0. The van der Waals surface area contributed by atoms with Crippen LogP contribution in [0.1, 0.15) is 0 Å². The highest BCUT2D eigenvalue weighted by atomic mass is 32.1. The lowest BCUT2D eigenvalue weighted by Gasteiger charge is -2.28. The third-order valence-electron chi connectivity index (χ3n) is 10.2. The molecule has 0 radical (unpaired) electrons. The number of hydrogen-bond donors (Lipinski definition) is 0. The van der Waals surface area contributed by atoms with E-state index in [9.17, 15) is 0 Å². The predicted octanol–water partition coefficient (Wildman–Crippen LogP) is 14.1. The van der Waals surface area contributed by atoms with Crippen LogP contribution < -0.4 is 4.90 Å². The lowest BCUT2D eigenvalue weighted by molar-refractivity contribution is 1.18. The van der Waals surface area contributed by atoms with E-state index in [-0.39, 0.29) is 0 Å². The van der Waals surface area contributed by atoms with Gasteiger partial charge in [-0.05, 0) is 54.6 Å². The van der Waals surface area contributed by atoms with Crippen molar-refractivity contribution >= 4 is 113 Å². The molecule has 0 saturated heterocycles. The number of benzene rings is 8. The molecule has 0 bridgehead atoms. The molecule has 0 aliphatic heterocycles. The number of rotatable bonds is 4.